The van der Waals surface area contributed by atoms with E-state index in [0.29, 0.717) is 42.7 Å². The lowest BCUT2D eigenvalue weighted by molar-refractivity contribution is -0.138. The standard InChI is InChI=1S/C23H29NO7S/c1-4-12-30-18-9-7-17(14-19(18)29-5-2)8-10-22(26)31-13-6-11-24-20(25)16-32-21(24)15-23(27)28-3/h7-10,14-15H,4-6,11-13,16H2,1-3H3/b10-8+,21-15-. The van der Waals surface area contributed by atoms with Crippen LogP contribution in [0.4, 0.5) is 0 Å². The molecule has 0 N–H and O–H groups in total. The number of carbonyl (C=O) groups excluding carboxylic acids is 3. The summed E-state index contributed by atoms with van der Waals surface area (Å²) in [4.78, 5) is 36.9. The number of thioether (sulfide) groups is 1. The van der Waals surface area contributed by atoms with E-state index in [4.69, 9.17) is 14.2 Å². The van der Waals surface area contributed by atoms with Gasteiger partial charge < -0.3 is 23.8 Å². The molecule has 1 aliphatic rings. The third-order valence-electron chi connectivity index (χ3n) is 4.26. The number of ether oxygens (including phenoxy) is 4. The Labute approximate surface area is 192 Å². The monoisotopic (exact) mass is 463 g/mol. The smallest absolute Gasteiger partial charge is 0.333 e. The number of hydrogen-bond donors (Lipinski definition) is 0. The molecule has 0 saturated carbocycles. The summed E-state index contributed by atoms with van der Waals surface area (Å²) in [6, 6.07) is 5.46. The number of carbonyl (C=O) groups is 3. The van der Waals surface area contributed by atoms with Crippen molar-refractivity contribution in [3.8, 4) is 11.5 Å². The lowest BCUT2D eigenvalue weighted by Crippen LogP contribution is -2.27. The van der Waals surface area contributed by atoms with Crippen molar-refractivity contribution in [1.29, 1.82) is 0 Å². The van der Waals surface area contributed by atoms with Crippen molar-refractivity contribution < 1.29 is 33.3 Å². The molecule has 0 radical (unpaired) electrons. The van der Waals surface area contributed by atoms with Gasteiger partial charge in [0.05, 0.1) is 43.8 Å². The number of amides is 1. The summed E-state index contributed by atoms with van der Waals surface area (Å²) in [5.74, 6) is 0.483. The molecule has 0 spiro atoms. The van der Waals surface area contributed by atoms with Crippen LogP contribution in [0, 0.1) is 0 Å². The maximum Gasteiger partial charge on any atom is 0.333 e. The molecule has 0 atom stereocenters. The Bertz CT molecular complexity index is 866. The van der Waals surface area contributed by atoms with Crippen molar-refractivity contribution >= 4 is 35.7 Å². The lowest BCUT2D eigenvalue weighted by atomic mass is 10.2. The van der Waals surface area contributed by atoms with Crippen LogP contribution in [-0.2, 0) is 23.9 Å². The van der Waals surface area contributed by atoms with E-state index >= 15 is 0 Å². The summed E-state index contributed by atoms with van der Waals surface area (Å²) < 4.78 is 21.1. The maximum absolute atomic E-state index is 12.0. The maximum atomic E-state index is 12.0. The van der Waals surface area contributed by atoms with E-state index < -0.39 is 11.9 Å². The van der Waals surface area contributed by atoms with Gasteiger partial charge in [-0.2, -0.15) is 0 Å². The lowest BCUT2D eigenvalue weighted by Gasteiger charge is -2.16. The summed E-state index contributed by atoms with van der Waals surface area (Å²) >= 11 is 1.28. The van der Waals surface area contributed by atoms with Gasteiger partial charge in [0.2, 0.25) is 5.91 Å². The molecule has 1 heterocycles. The van der Waals surface area contributed by atoms with Crippen LogP contribution in [0.15, 0.2) is 35.4 Å². The quantitative estimate of drug-likeness (QED) is 0.265. The van der Waals surface area contributed by atoms with Crippen molar-refractivity contribution in [3.63, 3.8) is 0 Å². The minimum Gasteiger partial charge on any atom is -0.490 e. The van der Waals surface area contributed by atoms with E-state index in [0.717, 1.165) is 12.0 Å². The predicted octanol–water partition coefficient (Wildman–Crippen LogP) is 3.41. The van der Waals surface area contributed by atoms with Crippen LogP contribution < -0.4 is 9.47 Å². The Kier molecular flexibility index (Phi) is 10.7. The first-order valence-corrected chi connectivity index (χ1v) is 11.4. The van der Waals surface area contributed by atoms with Gasteiger partial charge in [-0.15, -0.1) is 0 Å². The van der Waals surface area contributed by atoms with Crippen molar-refractivity contribution in [2.75, 3.05) is 39.2 Å². The van der Waals surface area contributed by atoms with E-state index in [2.05, 4.69) is 4.74 Å². The number of rotatable bonds is 12. The average molecular weight is 464 g/mol. The Morgan fingerprint density at radius 1 is 1.12 bits per heavy atom. The summed E-state index contributed by atoms with van der Waals surface area (Å²) in [6.07, 6.45) is 5.62. The summed E-state index contributed by atoms with van der Waals surface area (Å²) in [5.41, 5.74) is 0.784. The molecular weight excluding hydrogens is 434 g/mol. The molecule has 32 heavy (non-hydrogen) atoms. The third-order valence-corrected chi connectivity index (χ3v) is 5.29. The Morgan fingerprint density at radius 2 is 1.94 bits per heavy atom. The van der Waals surface area contributed by atoms with Gasteiger partial charge in [-0.05, 0) is 43.5 Å². The Balaban J connectivity index is 1.83. The second-order valence-corrected chi connectivity index (χ2v) is 7.68. The molecule has 1 saturated heterocycles. The zero-order valence-electron chi connectivity index (χ0n) is 18.6. The van der Waals surface area contributed by atoms with Crippen molar-refractivity contribution in [3.05, 3.63) is 40.9 Å². The van der Waals surface area contributed by atoms with Gasteiger partial charge in [0.15, 0.2) is 11.5 Å². The zero-order valence-corrected chi connectivity index (χ0v) is 19.4. The molecule has 1 aromatic carbocycles. The van der Waals surface area contributed by atoms with Crippen LogP contribution in [0.5, 0.6) is 11.5 Å². The first kappa shape index (κ1) is 25.3. The van der Waals surface area contributed by atoms with Crippen LogP contribution in [0.25, 0.3) is 6.08 Å². The number of hydrogen-bond acceptors (Lipinski definition) is 8. The van der Waals surface area contributed by atoms with Gasteiger partial charge in [-0.3, -0.25) is 4.79 Å². The highest BCUT2D eigenvalue weighted by molar-refractivity contribution is 8.04. The fraction of sp³-hybridized carbons (Fsp3) is 0.435. The van der Waals surface area contributed by atoms with E-state index in [1.165, 1.54) is 35.9 Å². The molecule has 8 nitrogen and oxygen atoms in total. The first-order valence-electron chi connectivity index (χ1n) is 10.5. The normalized spacial score (nSPS) is 14.8. The zero-order chi connectivity index (χ0) is 23.3. The molecule has 9 heteroatoms. The summed E-state index contributed by atoms with van der Waals surface area (Å²) in [5, 5.41) is 0.546. The van der Waals surface area contributed by atoms with Gasteiger partial charge in [-0.25, -0.2) is 9.59 Å². The topological polar surface area (TPSA) is 91.4 Å². The Hall–Kier alpha value is -2.94. The second-order valence-electron chi connectivity index (χ2n) is 6.68. The minimum absolute atomic E-state index is 0.0900. The van der Waals surface area contributed by atoms with E-state index in [-0.39, 0.29) is 18.3 Å². The van der Waals surface area contributed by atoms with Crippen molar-refractivity contribution in [2.24, 2.45) is 0 Å². The summed E-state index contributed by atoms with van der Waals surface area (Å²) in [7, 11) is 1.28. The van der Waals surface area contributed by atoms with Crippen LogP contribution in [0.1, 0.15) is 32.3 Å². The highest BCUT2D eigenvalue weighted by atomic mass is 32.2. The van der Waals surface area contributed by atoms with Gasteiger partial charge in [0.25, 0.3) is 0 Å². The van der Waals surface area contributed by atoms with Crippen molar-refractivity contribution in [2.45, 2.75) is 26.7 Å². The average Bonchev–Trinajstić information content (AvgIpc) is 3.13. The number of nitrogens with zero attached hydrogens (tertiary/aromatic N) is 1. The molecule has 174 valence electrons. The highest BCUT2D eigenvalue weighted by Gasteiger charge is 2.26. The molecule has 0 aromatic heterocycles. The van der Waals surface area contributed by atoms with E-state index in [1.807, 2.05) is 32.0 Å². The second kappa shape index (κ2) is 13.5. The van der Waals surface area contributed by atoms with Crippen LogP contribution in [-0.4, -0.2) is 62.0 Å². The highest BCUT2D eigenvalue weighted by Crippen LogP contribution is 2.30. The van der Waals surface area contributed by atoms with Crippen LogP contribution in [0.3, 0.4) is 0 Å². The molecule has 1 fully saturated rings. The van der Waals surface area contributed by atoms with Crippen LogP contribution >= 0.6 is 11.8 Å². The molecular formula is C23H29NO7S. The molecule has 0 unspecified atom stereocenters. The number of benzene rings is 1. The summed E-state index contributed by atoms with van der Waals surface area (Å²) in [6.45, 7) is 5.53. The van der Waals surface area contributed by atoms with Gasteiger partial charge in [0.1, 0.15) is 0 Å². The largest absolute Gasteiger partial charge is 0.490 e. The molecule has 2 rings (SSSR count). The SMILES string of the molecule is CCCOc1ccc(/C=C/C(=O)OCCCN2C(=O)CS/C2=C\C(=O)OC)cc1OCC. The van der Waals surface area contributed by atoms with Crippen molar-refractivity contribution in [1.82, 2.24) is 4.90 Å². The predicted molar refractivity (Wildman–Crippen MR) is 122 cm³/mol. The molecule has 0 bridgehead atoms. The molecule has 1 amide bonds. The molecule has 1 aromatic rings. The first-order chi connectivity index (χ1) is 15.5. The fourth-order valence-electron chi connectivity index (χ4n) is 2.76. The minimum atomic E-state index is -0.513. The molecule has 0 aliphatic carbocycles. The van der Waals surface area contributed by atoms with Crippen LogP contribution in [0.2, 0.25) is 0 Å². The molecule has 1 aliphatic heterocycles. The Morgan fingerprint density at radius 3 is 2.66 bits per heavy atom. The third kappa shape index (κ3) is 7.96. The fourth-order valence-corrected chi connectivity index (χ4v) is 3.72. The number of methoxy groups -OCH3 is 1. The van der Waals surface area contributed by atoms with Gasteiger partial charge in [0, 0.05) is 12.6 Å². The number of esters is 2. The van der Waals surface area contributed by atoms with E-state index in [9.17, 15) is 14.4 Å². The van der Waals surface area contributed by atoms with E-state index in [1.54, 1.807) is 6.08 Å². The van der Waals surface area contributed by atoms with Gasteiger partial charge >= 0.3 is 11.9 Å². The van der Waals surface area contributed by atoms with Gasteiger partial charge in [-0.1, -0.05) is 24.8 Å².